The monoisotopic (exact) mass is 345 g/mol. The van der Waals surface area contributed by atoms with Gasteiger partial charge in [-0.15, -0.1) is 0 Å². The normalized spacial score (nSPS) is 20.6. The van der Waals surface area contributed by atoms with E-state index in [1.807, 2.05) is 36.3 Å². The van der Waals surface area contributed by atoms with Crippen LogP contribution in [0.25, 0.3) is 0 Å². The predicted molar refractivity (Wildman–Crippen MR) is 95.6 cm³/mol. The quantitative estimate of drug-likeness (QED) is 0.745. The third-order valence-electron chi connectivity index (χ3n) is 4.40. The van der Waals surface area contributed by atoms with Gasteiger partial charge in [-0.3, -0.25) is 4.68 Å². The lowest BCUT2D eigenvalue weighted by Gasteiger charge is -2.32. The predicted octanol–water partition coefficient (Wildman–Crippen LogP) is 2.46. The van der Waals surface area contributed by atoms with Gasteiger partial charge in [0.25, 0.3) is 0 Å². The minimum Gasteiger partial charge on any atom is -0.491 e. The van der Waals surface area contributed by atoms with Gasteiger partial charge in [0.05, 0.1) is 12.8 Å². The van der Waals surface area contributed by atoms with E-state index in [4.69, 9.17) is 14.2 Å². The molecule has 1 aromatic carbocycles. The number of nitrogens with one attached hydrogen (secondary N) is 1. The van der Waals surface area contributed by atoms with Gasteiger partial charge in [-0.1, -0.05) is 12.1 Å². The molecule has 0 radical (unpaired) electrons. The van der Waals surface area contributed by atoms with Crippen LogP contribution in [0.1, 0.15) is 30.1 Å². The van der Waals surface area contributed by atoms with Gasteiger partial charge in [0, 0.05) is 45.1 Å². The Hall–Kier alpha value is -1.89. The maximum atomic E-state index is 6.01. The van der Waals surface area contributed by atoms with Crippen LogP contribution in [-0.2, 0) is 23.1 Å². The van der Waals surface area contributed by atoms with Crippen LogP contribution in [0.15, 0.2) is 36.7 Å². The molecule has 1 saturated heterocycles. The molecule has 2 aromatic rings. The van der Waals surface area contributed by atoms with Gasteiger partial charge in [0.15, 0.2) is 0 Å². The van der Waals surface area contributed by atoms with E-state index in [-0.39, 0.29) is 12.1 Å². The van der Waals surface area contributed by atoms with E-state index in [0.717, 1.165) is 37.3 Å². The molecule has 1 fully saturated rings. The summed E-state index contributed by atoms with van der Waals surface area (Å²) in [6.45, 7) is 2.74. The van der Waals surface area contributed by atoms with Crippen molar-refractivity contribution in [2.24, 2.45) is 7.05 Å². The molecule has 2 heterocycles. The summed E-state index contributed by atoms with van der Waals surface area (Å²) in [5.74, 6) is 0.875. The average Bonchev–Trinajstić information content (AvgIpc) is 3.07. The van der Waals surface area contributed by atoms with E-state index in [2.05, 4.69) is 22.5 Å². The van der Waals surface area contributed by atoms with Crippen molar-refractivity contribution in [1.82, 2.24) is 15.1 Å². The largest absolute Gasteiger partial charge is 0.491 e. The third-order valence-corrected chi connectivity index (χ3v) is 4.40. The van der Waals surface area contributed by atoms with Crippen LogP contribution < -0.4 is 10.1 Å². The SMILES string of the molecule is COCCOc1cccc(CN[C@H]2CCCO[C@@H]2c2cnn(C)c2)c1. The highest BCUT2D eigenvalue weighted by Gasteiger charge is 2.28. The zero-order valence-corrected chi connectivity index (χ0v) is 15.0. The van der Waals surface area contributed by atoms with Gasteiger partial charge < -0.3 is 19.5 Å². The van der Waals surface area contributed by atoms with Crippen molar-refractivity contribution in [2.45, 2.75) is 31.5 Å². The first-order chi connectivity index (χ1) is 12.3. The topological polar surface area (TPSA) is 57.5 Å². The Morgan fingerprint density at radius 3 is 3.08 bits per heavy atom. The van der Waals surface area contributed by atoms with Crippen molar-refractivity contribution in [3.63, 3.8) is 0 Å². The van der Waals surface area contributed by atoms with Gasteiger partial charge in [0.2, 0.25) is 0 Å². The smallest absolute Gasteiger partial charge is 0.119 e. The fourth-order valence-electron chi connectivity index (χ4n) is 3.14. The number of rotatable bonds is 8. The first-order valence-electron chi connectivity index (χ1n) is 8.80. The van der Waals surface area contributed by atoms with Crippen LogP contribution in [0.4, 0.5) is 0 Å². The summed E-state index contributed by atoms with van der Waals surface area (Å²) in [6.07, 6.45) is 6.17. The Balaban J connectivity index is 1.58. The first-order valence-corrected chi connectivity index (χ1v) is 8.80. The Bertz CT molecular complexity index is 659. The first kappa shape index (κ1) is 17.9. The van der Waals surface area contributed by atoms with Crippen molar-refractivity contribution in [1.29, 1.82) is 0 Å². The van der Waals surface area contributed by atoms with E-state index in [0.29, 0.717) is 13.2 Å². The lowest BCUT2D eigenvalue weighted by Crippen LogP contribution is -2.39. The van der Waals surface area contributed by atoms with Crippen molar-refractivity contribution in [3.05, 3.63) is 47.8 Å². The molecule has 0 saturated carbocycles. The number of aryl methyl sites for hydroxylation is 1. The van der Waals surface area contributed by atoms with E-state index in [9.17, 15) is 0 Å². The maximum absolute atomic E-state index is 6.01. The molecule has 1 aliphatic rings. The Kier molecular flexibility index (Phi) is 6.44. The van der Waals surface area contributed by atoms with Gasteiger partial charge in [-0.2, -0.15) is 5.10 Å². The summed E-state index contributed by atoms with van der Waals surface area (Å²) in [5.41, 5.74) is 2.33. The molecular formula is C19H27N3O3. The number of nitrogens with zero attached hydrogens (tertiary/aromatic N) is 2. The Labute approximate surface area is 149 Å². The number of hydrogen-bond acceptors (Lipinski definition) is 5. The van der Waals surface area contributed by atoms with E-state index in [1.165, 1.54) is 5.56 Å². The molecule has 2 atom stereocenters. The van der Waals surface area contributed by atoms with Crippen molar-refractivity contribution in [3.8, 4) is 5.75 Å². The van der Waals surface area contributed by atoms with Crippen molar-refractivity contribution < 1.29 is 14.2 Å². The zero-order valence-electron chi connectivity index (χ0n) is 15.0. The van der Waals surface area contributed by atoms with E-state index >= 15 is 0 Å². The highest BCUT2D eigenvalue weighted by atomic mass is 16.5. The maximum Gasteiger partial charge on any atom is 0.119 e. The molecule has 0 amide bonds. The molecule has 1 aliphatic heterocycles. The summed E-state index contributed by atoms with van der Waals surface area (Å²) >= 11 is 0. The van der Waals surface area contributed by atoms with Gasteiger partial charge >= 0.3 is 0 Å². The van der Waals surface area contributed by atoms with E-state index in [1.54, 1.807) is 7.11 Å². The van der Waals surface area contributed by atoms with Crippen LogP contribution in [0.5, 0.6) is 5.75 Å². The number of benzene rings is 1. The van der Waals surface area contributed by atoms with E-state index < -0.39 is 0 Å². The summed E-state index contributed by atoms with van der Waals surface area (Å²) in [6, 6.07) is 8.47. The molecular weight excluding hydrogens is 318 g/mol. The fraction of sp³-hybridized carbons (Fsp3) is 0.526. The molecule has 6 heteroatoms. The highest BCUT2D eigenvalue weighted by Crippen LogP contribution is 2.28. The lowest BCUT2D eigenvalue weighted by atomic mass is 9.98. The number of methoxy groups -OCH3 is 1. The summed E-state index contributed by atoms with van der Waals surface area (Å²) in [5, 5.41) is 7.92. The second kappa shape index (κ2) is 8.99. The molecule has 0 aliphatic carbocycles. The molecule has 6 nitrogen and oxygen atoms in total. The summed E-state index contributed by atoms with van der Waals surface area (Å²) in [7, 11) is 3.61. The summed E-state index contributed by atoms with van der Waals surface area (Å²) in [4.78, 5) is 0. The van der Waals surface area contributed by atoms with Crippen LogP contribution in [0.3, 0.4) is 0 Å². The van der Waals surface area contributed by atoms with Gasteiger partial charge in [0.1, 0.15) is 18.5 Å². The highest BCUT2D eigenvalue weighted by molar-refractivity contribution is 5.28. The lowest BCUT2D eigenvalue weighted by molar-refractivity contribution is -0.0112. The minimum atomic E-state index is 0.0589. The van der Waals surface area contributed by atoms with Crippen molar-refractivity contribution >= 4 is 0 Å². The van der Waals surface area contributed by atoms with Gasteiger partial charge in [-0.05, 0) is 30.5 Å². The Morgan fingerprint density at radius 1 is 1.36 bits per heavy atom. The molecule has 1 aromatic heterocycles. The zero-order chi connectivity index (χ0) is 17.5. The molecule has 1 N–H and O–H groups in total. The number of aromatic nitrogens is 2. The van der Waals surface area contributed by atoms with Crippen LogP contribution in [0, 0.1) is 0 Å². The Morgan fingerprint density at radius 2 is 2.28 bits per heavy atom. The second-order valence-corrected chi connectivity index (χ2v) is 6.36. The van der Waals surface area contributed by atoms with Crippen LogP contribution >= 0.6 is 0 Å². The standard InChI is InChI=1S/C19H27N3O3/c1-22-14-16(13-21-22)19-18(7-4-8-25-19)20-12-15-5-3-6-17(11-15)24-10-9-23-2/h3,5-6,11,13-14,18-20H,4,7-10,12H2,1-2H3/t18-,19+/m0/s1. The second-order valence-electron chi connectivity index (χ2n) is 6.36. The van der Waals surface area contributed by atoms with Crippen molar-refractivity contribution in [2.75, 3.05) is 26.9 Å². The molecule has 0 spiro atoms. The summed E-state index contributed by atoms with van der Waals surface area (Å²) < 4.78 is 18.5. The molecule has 25 heavy (non-hydrogen) atoms. The van der Waals surface area contributed by atoms with Crippen LogP contribution in [0.2, 0.25) is 0 Å². The third kappa shape index (κ3) is 5.04. The minimum absolute atomic E-state index is 0.0589. The molecule has 0 bridgehead atoms. The molecule has 3 rings (SSSR count). The number of ether oxygens (including phenoxy) is 3. The van der Waals surface area contributed by atoms with Gasteiger partial charge in [-0.25, -0.2) is 0 Å². The fourth-order valence-corrected chi connectivity index (χ4v) is 3.14. The average molecular weight is 345 g/mol. The number of hydrogen-bond donors (Lipinski definition) is 1. The molecule has 0 unspecified atom stereocenters. The molecule has 136 valence electrons. The van der Waals surface area contributed by atoms with Crippen LogP contribution in [-0.4, -0.2) is 42.8 Å².